The minimum Gasteiger partial charge on any atom is -0.323 e. The Bertz CT molecular complexity index is 810. The zero-order chi connectivity index (χ0) is 19.2. The normalized spacial score (nSPS) is 16.0. The van der Waals surface area contributed by atoms with Crippen molar-refractivity contribution in [3.05, 3.63) is 71.3 Å². The summed E-state index contributed by atoms with van der Waals surface area (Å²) < 4.78 is 27.2. The van der Waals surface area contributed by atoms with Gasteiger partial charge < -0.3 is 10.2 Å². The van der Waals surface area contributed by atoms with Crippen LogP contribution in [0.4, 0.5) is 14.5 Å². The molecular weight excluding hydrogens is 348 g/mol. The van der Waals surface area contributed by atoms with E-state index >= 15 is 0 Å². The van der Waals surface area contributed by atoms with Crippen LogP contribution in [0.25, 0.3) is 6.08 Å². The number of rotatable bonds is 5. The molecule has 1 saturated heterocycles. The third-order valence-corrected chi connectivity index (χ3v) is 4.60. The maximum atomic E-state index is 13.6. The van der Waals surface area contributed by atoms with E-state index in [1.165, 1.54) is 6.07 Å². The Kier molecular flexibility index (Phi) is 6.32. The van der Waals surface area contributed by atoms with Gasteiger partial charge in [0.2, 0.25) is 5.91 Å². The highest BCUT2D eigenvalue weighted by Crippen LogP contribution is 2.16. The number of amides is 1. The molecule has 1 heterocycles. The second-order valence-electron chi connectivity index (χ2n) is 6.74. The zero-order valence-electron chi connectivity index (χ0n) is 15.3. The summed E-state index contributed by atoms with van der Waals surface area (Å²) in [5.41, 5.74) is 1.54. The van der Waals surface area contributed by atoms with Crippen LogP contribution < -0.4 is 5.32 Å². The molecule has 27 heavy (non-hydrogen) atoms. The first-order valence-electron chi connectivity index (χ1n) is 8.94. The molecule has 1 N–H and O–H groups in total. The minimum atomic E-state index is -0.701. The fourth-order valence-corrected chi connectivity index (χ4v) is 3.02. The first-order chi connectivity index (χ1) is 13.0. The van der Waals surface area contributed by atoms with Crippen LogP contribution in [0, 0.1) is 11.6 Å². The molecule has 1 amide bonds. The quantitative estimate of drug-likeness (QED) is 0.819. The van der Waals surface area contributed by atoms with Gasteiger partial charge in [0.1, 0.15) is 11.6 Å². The summed E-state index contributed by atoms with van der Waals surface area (Å²) in [5.74, 6) is -1.84. The molecule has 0 aromatic heterocycles. The Morgan fingerprint density at radius 3 is 2.44 bits per heavy atom. The largest absolute Gasteiger partial charge is 0.323 e. The van der Waals surface area contributed by atoms with E-state index in [4.69, 9.17) is 0 Å². The van der Waals surface area contributed by atoms with Crippen LogP contribution in [-0.4, -0.2) is 48.9 Å². The van der Waals surface area contributed by atoms with Gasteiger partial charge in [-0.05, 0) is 43.0 Å². The van der Waals surface area contributed by atoms with Crippen molar-refractivity contribution in [1.29, 1.82) is 0 Å². The summed E-state index contributed by atoms with van der Waals surface area (Å²) in [4.78, 5) is 16.8. The van der Waals surface area contributed by atoms with Gasteiger partial charge in [-0.1, -0.05) is 18.2 Å². The van der Waals surface area contributed by atoms with Crippen LogP contribution >= 0.6 is 0 Å². The van der Waals surface area contributed by atoms with E-state index in [0.29, 0.717) is 5.69 Å². The molecule has 0 saturated carbocycles. The number of halogens is 2. The molecule has 0 aliphatic carbocycles. The number of nitrogens with one attached hydrogen (secondary N) is 1. The van der Waals surface area contributed by atoms with E-state index in [0.717, 1.165) is 62.6 Å². The van der Waals surface area contributed by atoms with Crippen LogP contribution in [0.5, 0.6) is 0 Å². The lowest BCUT2D eigenvalue weighted by Crippen LogP contribution is -2.43. The third kappa shape index (κ3) is 5.45. The summed E-state index contributed by atoms with van der Waals surface area (Å²) in [6.07, 6.45) is 2.28. The summed E-state index contributed by atoms with van der Waals surface area (Å²) in [5, 5.41) is 2.74. The smallest absolute Gasteiger partial charge is 0.248 e. The fourth-order valence-electron chi connectivity index (χ4n) is 3.02. The molecule has 0 unspecified atom stereocenters. The number of anilines is 1. The molecular formula is C21H23F2N3O. The first kappa shape index (κ1) is 19.2. The second kappa shape index (κ2) is 8.88. The number of nitrogens with zero attached hydrogens (tertiary/aromatic N) is 2. The average Bonchev–Trinajstić information content (AvgIpc) is 2.63. The molecule has 6 heteroatoms. The van der Waals surface area contributed by atoms with E-state index in [1.807, 2.05) is 18.2 Å². The third-order valence-electron chi connectivity index (χ3n) is 4.60. The van der Waals surface area contributed by atoms with Crippen LogP contribution in [0.15, 0.2) is 48.5 Å². The van der Waals surface area contributed by atoms with E-state index in [9.17, 15) is 13.6 Å². The zero-order valence-corrected chi connectivity index (χ0v) is 15.3. The molecule has 2 aromatic rings. The highest BCUT2D eigenvalue weighted by molar-refractivity contribution is 6.02. The van der Waals surface area contributed by atoms with Crippen LogP contribution in [-0.2, 0) is 11.3 Å². The molecule has 0 radical (unpaired) electrons. The molecule has 0 atom stereocenters. The molecule has 0 bridgehead atoms. The molecule has 142 valence electrons. The summed E-state index contributed by atoms with van der Waals surface area (Å²) >= 11 is 0. The number of likely N-dealkylation sites (N-methyl/N-ethyl adjacent to an activating group) is 1. The molecule has 1 aliphatic heterocycles. The van der Waals surface area contributed by atoms with Gasteiger partial charge in [0.25, 0.3) is 0 Å². The predicted octanol–water partition coefficient (Wildman–Crippen LogP) is 3.36. The van der Waals surface area contributed by atoms with Crippen molar-refractivity contribution in [3.8, 4) is 0 Å². The second-order valence-corrected chi connectivity index (χ2v) is 6.74. The van der Waals surface area contributed by atoms with Crippen molar-refractivity contribution in [3.63, 3.8) is 0 Å². The summed E-state index contributed by atoms with van der Waals surface area (Å²) in [7, 11) is 2.12. The lowest BCUT2D eigenvalue weighted by Gasteiger charge is -2.32. The molecule has 0 spiro atoms. The van der Waals surface area contributed by atoms with Gasteiger partial charge in [-0.3, -0.25) is 9.69 Å². The van der Waals surface area contributed by atoms with Gasteiger partial charge in [-0.25, -0.2) is 8.78 Å². The van der Waals surface area contributed by atoms with E-state index in [1.54, 1.807) is 6.07 Å². The topological polar surface area (TPSA) is 35.6 Å². The number of piperazine rings is 1. The number of hydrogen-bond acceptors (Lipinski definition) is 3. The van der Waals surface area contributed by atoms with E-state index < -0.39 is 17.5 Å². The van der Waals surface area contributed by atoms with Gasteiger partial charge in [-0.2, -0.15) is 0 Å². The molecule has 2 aromatic carbocycles. The Morgan fingerprint density at radius 2 is 1.74 bits per heavy atom. The maximum absolute atomic E-state index is 13.6. The Labute approximate surface area is 158 Å². The van der Waals surface area contributed by atoms with Crippen molar-refractivity contribution >= 4 is 17.7 Å². The fraction of sp³-hybridized carbons (Fsp3) is 0.286. The first-order valence-corrected chi connectivity index (χ1v) is 8.94. The Morgan fingerprint density at radius 1 is 1.07 bits per heavy atom. The van der Waals surface area contributed by atoms with Gasteiger partial charge >= 0.3 is 0 Å². The van der Waals surface area contributed by atoms with Crippen molar-refractivity contribution in [2.45, 2.75) is 6.54 Å². The van der Waals surface area contributed by atoms with Crippen LogP contribution in [0.2, 0.25) is 0 Å². The molecule has 1 fully saturated rings. The van der Waals surface area contributed by atoms with Crippen LogP contribution in [0.3, 0.4) is 0 Å². The van der Waals surface area contributed by atoms with Gasteiger partial charge in [0.15, 0.2) is 0 Å². The van der Waals surface area contributed by atoms with Crippen molar-refractivity contribution in [2.75, 3.05) is 38.5 Å². The number of benzene rings is 2. The van der Waals surface area contributed by atoms with Crippen molar-refractivity contribution < 1.29 is 13.6 Å². The van der Waals surface area contributed by atoms with Gasteiger partial charge in [0.05, 0.1) is 0 Å². The SMILES string of the molecule is CN1CCN(Cc2cccc(NC(=O)/C=C/c3c(F)cccc3F)c2)CC1. The standard InChI is InChI=1S/C21H23F2N3O/c1-25-10-12-26(13-11-25)15-16-4-2-5-17(14-16)24-21(27)9-8-18-19(22)6-3-7-20(18)23/h2-9,14H,10-13,15H2,1H3,(H,24,27)/b9-8+. The number of carbonyl (C=O) groups is 1. The summed E-state index contributed by atoms with van der Waals surface area (Å²) in [6.45, 7) is 4.96. The average molecular weight is 371 g/mol. The summed E-state index contributed by atoms with van der Waals surface area (Å²) in [6, 6.07) is 11.2. The Balaban J connectivity index is 1.60. The highest BCUT2D eigenvalue weighted by Gasteiger charge is 2.14. The monoisotopic (exact) mass is 371 g/mol. The van der Waals surface area contributed by atoms with Crippen molar-refractivity contribution in [2.24, 2.45) is 0 Å². The lowest BCUT2D eigenvalue weighted by molar-refractivity contribution is -0.111. The minimum absolute atomic E-state index is 0.225. The van der Waals surface area contributed by atoms with E-state index in [2.05, 4.69) is 22.2 Å². The maximum Gasteiger partial charge on any atom is 0.248 e. The molecule has 1 aliphatic rings. The van der Waals surface area contributed by atoms with Crippen LogP contribution in [0.1, 0.15) is 11.1 Å². The highest BCUT2D eigenvalue weighted by atomic mass is 19.1. The molecule has 4 nitrogen and oxygen atoms in total. The van der Waals surface area contributed by atoms with E-state index in [-0.39, 0.29) is 5.56 Å². The number of carbonyl (C=O) groups excluding carboxylic acids is 1. The Hall–Kier alpha value is -2.57. The molecule has 3 rings (SSSR count). The number of hydrogen-bond donors (Lipinski definition) is 1. The predicted molar refractivity (Wildman–Crippen MR) is 103 cm³/mol. The van der Waals surface area contributed by atoms with Crippen molar-refractivity contribution in [1.82, 2.24) is 9.80 Å². The van der Waals surface area contributed by atoms with Gasteiger partial charge in [0, 0.05) is 50.1 Å². The lowest BCUT2D eigenvalue weighted by atomic mass is 10.1. The van der Waals surface area contributed by atoms with Gasteiger partial charge in [-0.15, -0.1) is 0 Å².